The quantitative estimate of drug-likeness (QED) is 0.889. The van der Waals surface area contributed by atoms with Gasteiger partial charge in [0.25, 0.3) is 5.91 Å². The first kappa shape index (κ1) is 17.1. The van der Waals surface area contributed by atoms with Gasteiger partial charge in [0.15, 0.2) is 6.61 Å². The number of alkyl halides is 3. The molecular formula is C16H13ClF3NO2. The molecule has 0 atom stereocenters. The van der Waals surface area contributed by atoms with E-state index in [1.165, 1.54) is 12.1 Å². The van der Waals surface area contributed by atoms with Crippen LogP contribution in [0.2, 0.25) is 5.02 Å². The molecule has 0 saturated heterocycles. The first-order chi connectivity index (χ1) is 10.9. The monoisotopic (exact) mass is 343 g/mol. The van der Waals surface area contributed by atoms with Crippen LogP contribution in [0.3, 0.4) is 0 Å². The summed E-state index contributed by atoms with van der Waals surface area (Å²) in [6.45, 7) is -0.170. The van der Waals surface area contributed by atoms with Crippen LogP contribution < -0.4 is 10.1 Å². The summed E-state index contributed by atoms with van der Waals surface area (Å²) in [6.07, 6.45) is -4.45. The zero-order valence-corrected chi connectivity index (χ0v) is 12.6. The Labute approximate surface area is 136 Å². The topological polar surface area (TPSA) is 38.3 Å². The van der Waals surface area contributed by atoms with E-state index in [-0.39, 0.29) is 18.9 Å². The van der Waals surface area contributed by atoms with Crippen LogP contribution in [-0.2, 0) is 17.5 Å². The van der Waals surface area contributed by atoms with E-state index in [1.54, 1.807) is 24.3 Å². The van der Waals surface area contributed by atoms with Gasteiger partial charge < -0.3 is 10.1 Å². The summed E-state index contributed by atoms with van der Waals surface area (Å²) in [5.74, 6) is -0.477. The van der Waals surface area contributed by atoms with E-state index in [9.17, 15) is 18.0 Å². The van der Waals surface area contributed by atoms with Crippen molar-refractivity contribution >= 4 is 17.5 Å². The zero-order chi connectivity index (χ0) is 16.9. The number of halogens is 4. The molecule has 0 aromatic heterocycles. The molecule has 1 N–H and O–H groups in total. The fourth-order valence-corrected chi connectivity index (χ4v) is 2.00. The molecule has 0 unspecified atom stereocenters. The van der Waals surface area contributed by atoms with Crippen molar-refractivity contribution in [2.75, 3.05) is 6.61 Å². The van der Waals surface area contributed by atoms with Crippen molar-refractivity contribution in [2.45, 2.75) is 12.7 Å². The van der Waals surface area contributed by atoms with Crippen molar-refractivity contribution in [2.24, 2.45) is 0 Å². The Morgan fingerprint density at radius 2 is 1.87 bits per heavy atom. The molecule has 0 radical (unpaired) electrons. The second kappa shape index (κ2) is 7.37. The van der Waals surface area contributed by atoms with Crippen LogP contribution in [0.1, 0.15) is 11.1 Å². The van der Waals surface area contributed by atoms with Crippen LogP contribution in [0.4, 0.5) is 13.2 Å². The van der Waals surface area contributed by atoms with Crippen LogP contribution in [-0.4, -0.2) is 12.5 Å². The lowest BCUT2D eigenvalue weighted by Crippen LogP contribution is -2.28. The molecule has 2 aromatic carbocycles. The third kappa shape index (κ3) is 5.17. The summed E-state index contributed by atoms with van der Waals surface area (Å²) in [5.41, 5.74) is -0.0898. The highest BCUT2D eigenvalue weighted by molar-refractivity contribution is 6.31. The molecule has 2 rings (SSSR count). The number of carbonyl (C=O) groups excluding carboxylic acids is 1. The Bertz CT molecular complexity index is 689. The van der Waals surface area contributed by atoms with Crippen LogP contribution in [0, 0.1) is 0 Å². The summed E-state index contributed by atoms with van der Waals surface area (Å²) in [7, 11) is 0. The third-order valence-electron chi connectivity index (χ3n) is 2.97. The first-order valence-corrected chi connectivity index (χ1v) is 7.04. The normalized spacial score (nSPS) is 11.1. The van der Waals surface area contributed by atoms with Gasteiger partial charge in [-0.15, -0.1) is 0 Å². The summed E-state index contributed by atoms with van der Waals surface area (Å²) in [4.78, 5) is 11.7. The molecule has 0 saturated carbocycles. The number of hydrogen-bond acceptors (Lipinski definition) is 2. The zero-order valence-electron chi connectivity index (χ0n) is 11.9. The largest absolute Gasteiger partial charge is 0.484 e. The van der Waals surface area contributed by atoms with Crippen molar-refractivity contribution in [1.29, 1.82) is 0 Å². The van der Waals surface area contributed by atoms with E-state index in [1.807, 2.05) is 0 Å². The van der Waals surface area contributed by atoms with Crippen molar-refractivity contribution in [1.82, 2.24) is 5.32 Å². The van der Waals surface area contributed by atoms with Gasteiger partial charge in [0.05, 0.1) is 5.56 Å². The van der Waals surface area contributed by atoms with Crippen LogP contribution in [0.25, 0.3) is 0 Å². The molecule has 23 heavy (non-hydrogen) atoms. The van der Waals surface area contributed by atoms with Crippen molar-refractivity contribution in [3.63, 3.8) is 0 Å². The molecule has 0 heterocycles. The van der Waals surface area contributed by atoms with Crippen molar-refractivity contribution in [3.8, 4) is 5.75 Å². The molecular weight excluding hydrogens is 331 g/mol. The third-order valence-corrected chi connectivity index (χ3v) is 3.33. The first-order valence-electron chi connectivity index (χ1n) is 6.66. The number of carbonyl (C=O) groups is 1. The number of nitrogens with one attached hydrogen (secondary N) is 1. The Morgan fingerprint density at radius 1 is 1.13 bits per heavy atom. The molecule has 7 heteroatoms. The number of benzene rings is 2. The Hall–Kier alpha value is -2.21. The molecule has 0 aliphatic rings. The van der Waals surface area contributed by atoms with Gasteiger partial charge in [-0.05, 0) is 29.8 Å². The van der Waals surface area contributed by atoms with Gasteiger partial charge in [0, 0.05) is 11.6 Å². The molecule has 122 valence electrons. The van der Waals surface area contributed by atoms with Gasteiger partial charge in [-0.2, -0.15) is 13.2 Å². The van der Waals surface area contributed by atoms with Gasteiger partial charge in [0.2, 0.25) is 0 Å². The second-order valence-corrected chi connectivity index (χ2v) is 5.09. The summed E-state index contributed by atoms with van der Waals surface area (Å²) >= 11 is 5.95. The summed E-state index contributed by atoms with van der Waals surface area (Å²) < 4.78 is 42.8. The molecule has 1 amide bonds. The van der Waals surface area contributed by atoms with Crippen LogP contribution >= 0.6 is 11.6 Å². The SMILES string of the molecule is O=C(COc1cccc(C(F)(F)F)c1)NCc1ccccc1Cl. The van der Waals surface area contributed by atoms with Gasteiger partial charge >= 0.3 is 6.18 Å². The molecule has 2 aromatic rings. The fourth-order valence-electron chi connectivity index (χ4n) is 1.80. The highest BCUT2D eigenvalue weighted by Gasteiger charge is 2.30. The van der Waals surface area contributed by atoms with E-state index >= 15 is 0 Å². The molecule has 0 bridgehead atoms. The highest BCUT2D eigenvalue weighted by Crippen LogP contribution is 2.31. The van der Waals surface area contributed by atoms with Gasteiger partial charge in [-0.25, -0.2) is 0 Å². The maximum Gasteiger partial charge on any atom is 0.416 e. The molecule has 0 aliphatic heterocycles. The van der Waals surface area contributed by atoms with E-state index in [0.29, 0.717) is 5.02 Å². The molecule has 0 fully saturated rings. The number of rotatable bonds is 5. The van der Waals surface area contributed by atoms with E-state index in [0.717, 1.165) is 17.7 Å². The summed E-state index contributed by atoms with van der Waals surface area (Å²) in [6, 6.07) is 11.4. The minimum atomic E-state index is -4.45. The highest BCUT2D eigenvalue weighted by atomic mass is 35.5. The molecule has 3 nitrogen and oxygen atoms in total. The lowest BCUT2D eigenvalue weighted by molar-refractivity contribution is -0.137. The predicted molar refractivity (Wildman–Crippen MR) is 80.2 cm³/mol. The molecule has 0 spiro atoms. The van der Waals surface area contributed by atoms with E-state index in [2.05, 4.69) is 5.32 Å². The minimum absolute atomic E-state index is 0.0206. The number of amides is 1. The average molecular weight is 344 g/mol. The molecule has 0 aliphatic carbocycles. The standard InChI is InChI=1S/C16H13ClF3NO2/c17-14-7-2-1-4-11(14)9-21-15(22)10-23-13-6-3-5-12(8-13)16(18,19)20/h1-8H,9-10H2,(H,21,22). The lowest BCUT2D eigenvalue weighted by Gasteiger charge is -2.11. The lowest BCUT2D eigenvalue weighted by atomic mass is 10.2. The second-order valence-electron chi connectivity index (χ2n) is 4.68. The van der Waals surface area contributed by atoms with Crippen LogP contribution in [0.15, 0.2) is 48.5 Å². The maximum atomic E-state index is 12.6. The number of ether oxygens (including phenoxy) is 1. The predicted octanol–water partition coefficient (Wildman–Crippen LogP) is 4.05. The Balaban J connectivity index is 1.86. The fraction of sp³-hybridized carbons (Fsp3) is 0.188. The van der Waals surface area contributed by atoms with Gasteiger partial charge in [-0.1, -0.05) is 35.9 Å². The van der Waals surface area contributed by atoms with Crippen molar-refractivity contribution < 1.29 is 22.7 Å². The smallest absolute Gasteiger partial charge is 0.416 e. The van der Waals surface area contributed by atoms with E-state index in [4.69, 9.17) is 16.3 Å². The van der Waals surface area contributed by atoms with Crippen LogP contribution in [0.5, 0.6) is 5.75 Å². The minimum Gasteiger partial charge on any atom is -0.484 e. The van der Waals surface area contributed by atoms with E-state index < -0.39 is 17.6 Å². The average Bonchev–Trinajstić information content (AvgIpc) is 2.51. The Kier molecular flexibility index (Phi) is 5.50. The summed E-state index contributed by atoms with van der Waals surface area (Å²) in [5, 5.41) is 3.10. The Morgan fingerprint density at radius 3 is 2.57 bits per heavy atom. The maximum absolute atomic E-state index is 12.6. The number of hydrogen-bond donors (Lipinski definition) is 1. The van der Waals surface area contributed by atoms with Gasteiger partial charge in [0.1, 0.15) is 5.75 Å². The van der Waals surface area contributed by atoms with Crippen molar-refractivity contribution in [3.05, 3.63) is 64.7 Å². The van der Waals surface area contributed by atoms with Gasteiger partial charge in [-0.3, -0.25) is 4.79 Å².